The number of hydrogen-bond donors (Lipinski definition) is 4. The molecule has 1 aliphatic rings. The van der Waals surface area contributed by atoms with Crippen LogP contribution in [0, 0.1) is 0 Å². The minimum Gasteiger partial charge on any atom is -0.393 e. The zero-order valence-electron chi connectivity index (χ0n) is 17.9. The van der Waals surface area contributed by atoms with Crippen LogP contribution in [-0.2, 0) is 9.53 Å². The fourth-order valence-corrected chi connectivity index (χ4v) is 3.33. The van der Waals surface area contributed by atoms with Gasteiger partial charge in [-0.1, -0.05) is 44.6 Å². The van der Waals surface area contributed by atoms with Crippen LogP contribution >= 0.6 is 0 Å². The molecule has 0 unspecified atom stereocenters. The molecule has 0 aliphatic carbocycles. The molecule has 1 aromatic rings. The van der Waals surface area contributed by atoms with Crippen LogP contribution < -0.4 is 22.3 Å². The smallest absolute Gasteiger partial charge is 0.330 e. The highest BCUT2D eigenvalue weighted by Crippen LogP contribution is 2.19. The molecule has 2 heterocycles. The first-order chi connectivity index (χ1) is 15.0. The molecular weight excluding hydrogens is 400 g/mol. The summed E-state index contributed by atoms with van der Waals surface area (Å²) < 4.78 is 6.70. The van der Waals surface area contributed by atoms with E-state index in [0.717, 1.165) is 32.2 Å². The number of carbonyl (C=O) groups is 1. The van der Waals surface area contributed by atoms with E-state index in [2.05, 4.69) is 10.3 Å². The maximum atomic E-state index is 12.1. The van der Waals surface area contributed by atoms with Crippen molar-refractivity contribution in [1.82, 2.24) is 14.9 Å². The molecule has 2 rings (SSSR count). The SMILES string of the molecule is NCCCCCCCCCCNC(=O)/C=C/c1cn([C@@H]2C=C[C@H](CO)O2)c(=O)[nH]c1=O. The lowest BCUT2D eigenvalue weighted by Gasteiger charge is -2.15. The van der Waals surface area contributed by atoms with Gasteiger partial charge < -0.3 is 20.9 Å². The molecule has 0 saturated carbocycles. The van der Waals surface area contributed by atoms with Crippen LogP contribution in [0.3, 0.4) is 0 Å². The predicted molar refractivity (Wildman–Crippen MR) is 119 cm³/mol. The number of aromatic amines is 1. The van der Waals surface area contributed by atoms with Crippen molar-refractivity contribution in [3.05, 3.63) is 50.8 Å². The highest BCUT2D eigenvalue weighted by Gasteiger charge is 2.21. The molecule has 1 aromatic heterocycles. The van der Waals surface area contributed by atoms with E-state index in [4.69, 9.17) is 15.6 Å². The molecule has 0 saturated heterocycles. The fraction of sp³-hybridized carbons (Fsp3) is 0.591. The number of aliphatic hydroxyl groups is 1. The topological polar surface area (TPSA) is 139 Å². The van der Waals surface area contributed by atoms with Crippen LogP contribution in [0.25, 0.3) is 6.08 Å². The van der Waals surface area contributed by atoms with Crippen molar-refractivity contribution >= 4 is 12.0 Å². The van der Waals surface area contributed by atoms with Crippen LogP contribution in [0.15, 0.2) is 34.0 Å². The summed E-state index contributed by atoms with van der Waals surface area (Å²) in [6, 6.07) is 0. The average Bonchev–Trinajstić information content (AvgIpc) is 3.23. The standard InChI is InChI=1S/C22H34N4O5/c23-13-7-5-3-1-2-4-6-8-14-24-19(28)11-9-17-15-26(22(30)25-21(17)29)20-12-10-18(16-27)31-20/h9-12,15,18,20,27H,1-8,13-14,16,23H2,(H,24,28)(H,25,29,30)/b11-9+/t18-,20+/m1/s1. The second kappa shape index (κ2) is 13.7. The molecule has 1 aliphatic heterocycles. The number of hydrogen-bond acceptors (Lipinski definition) is 6. The summed E-state index contributed by atoms with van der Waals surface area (Å²) >= 11 is 0. The predicted octanol–water partition coefficient (Wildman–Crippen LogP) is 1.19. The van der Waals surface area contributed by atoms with E-state index >= 15 is 0 Å². The van der Waals surface area contributed by atoms with Crippen LogP contribution in [-0.4, -0.2) is 46.4 Å². The van der Waals surface area contributed by atoms with Crippen molar-refractivity contribution in [3.8, 4) is 0 Å². The van der Waals surface area contributed by atoms with E-state index in [1.165, 1.54) is 48.6 Å². The van der Waals surface area contributed by atoms with Crippen molar-refractivity contribution in [2.75, 3.05) is 19.7 Å². The van der Waals surface area contributed by atoms with Gasteiger partial charge in [0.1, 0.15) is 6.10 Å². The van der Waals surface area contributed by atoms with Gasteiger partial charge in [0.15, 0.2) is 6.23 Å². The largest absolute Gasteiger partial charge is 0.393 e. The summed E-state index contributed by atoms with van der Waals surface area (Å²) in [5.41, 5.74) is 4.42. The molecule has 31 heavy (non-hydrogen) atoms. The lowest BCUT2D eigenvalue weighted by molar-refractivity contribution is -0.116. The quantitative estimate of drug-likeness (QED) is 0.197. The summed E-state index contributed by atoms with van der Waals surface area (Å²) in [6.45, 7) is 1.14. The number of unbranched alkanes of at least 4 members (excludes halogenated alkanes) is 7. The van der Waals surface area contributed by atoms with Crippen molar-refractivity contribution in [2.24, 2.45) is 5.73 Å². The first kappa shape index (κ1) is 24.8. The van der Waals surface area contributed by atoms with Crippen LogP contribution in [0.1, 0.15) is 63.2 Å². The second-order valence-electron chi connectivity index (χ2n) is 7.63. The molecule has 0 bridgehead atoms. The second-order valence-corrected chi connectivity index (χ2v) is 7.63. The van der Waals surface area contributed by atoms with E-state index in [1.54, 1.807) is 12.2 Å². The number of rotatable bonds is 14. The van der Waals surface area contributed by atoms with E-state index < -0.39 is 23.6 Å². The lowest BCUT2D eigenvalue weighted by atomic mass is 10.1. The van der Waals surface area contributed by atoms with Crippen molar-refractivity contribution in [3.63, 3.8) is 0 Å². The van der Waals surface area contributed by atoms with Crippen molar-refractivity contribution in [2.45, 2.75) is 63.7 Å². The van der Waals surface area contributed by atoms with E-state index in [1.807, 2.05) is 0 Å². The van der Waals surface area contributed by atoms with Crippen LogP contribution in [0.2, 0.25) is 0 Å². The Labute approximate surface area is 182 Å². The van der Waals surface area contributed by atoms with Gasteiger partial charge in [0.2, 0.25) is 5.91 Å². The summed E-state index contributed by atoms with van der Waals surface area (Å²) in [7, 11) is 0. The van der Waals surface area contributed by atoms with Gasteiger partial charge >= 0.3 is 5.69 Å². The molecule has 5 N–H and O–H groups in total. The number of amides is 1. The number of aromatic nitrogens is 2. The molecule has 0 aromatic carbocycles. The number of aliphatic hydroxyl groups excluding tert-OH is 1. The lowest BCUT2D eigenvalue weighted by Crippen LogP contribution is -2.33. The van der Waals surface area contributed by atoms with Gasteiger partial charge in [0.05, 0.1) is 12.2 Å². The number of nitrogens with one attached hydrogen (secondary N) is 2. The van der Waals surface area contributed by atoms with Crippen LogP contribution in [0.4, 0.5) is 0 Å². The van der Waals surface area contributed by atoms with Crippen molar-refractivity contribution < 1.29 is 14.6 Å². The summed E-state index contributed by atoms with van der Waals surface area (Å²) in [5.74, 6) is -0.295. The monoisotopic (exact) mass is 434 g/mol. The maximum absolute atomic E-state index is 12.1. The van der Waals surface area contributed by atoms with Gasteiger partial charge in [-0.25, -0.2) is 4.79 Å². The molecule has 1 amide bonds. The van der Waals surface area contributed by atoms with Gasteiger partial charge in [-0.3, -0.25) is 19.1 Å². The third-order valence-corrected chi connectivity index (χ3v) is 5.10. The van der Waals surface area contributed by atoms with E-state index in [-0.39, 0.29) is 18.1 Å². The van der Waals surface area contributed by atoms with Gasteiger partial charge in [-0.15, -0.1) is 0 Å². The van der Waals surface area contributed by atoms with Gasteiger partial charge in [-0.05, 0) is 31.5 Å². The zero-order valence-corrected chi connectivity index (χ0v) is 17.9. The summed E-state index contributed by atoms with van der Waals surface area (Å²) in [6.07, 6.45) is 15.1. The van der Waals surface area contributed by atoms with Gasteiger partial charge in [0, 0.05) is 18.8 Å². The molecule has 172 valence electrons. The van der Waals surface area contributed by atoms with Crippen LogP contribution in [0.5, 0.6) is 0 Å². The number of H-pyrrole nitrogens is 1. The number of nitrogens with zero attached hydrogens (tertiary/aromatic N) is 1. The van der Waals surface area contributed by atoms with Crippen molar-refractivity contribution in [1.29, 1.82) is 0 Å². The van der Waals surface area contributed by atoms with Gasteiger partial charge in [0.25, 0.3) is 5.56 Å². The third-order valence-electron chi connectivity index (χ3n) is 5.10. The zero-order chi connectivity index (χ0) is 22.5. The average molecular weight is 435 g/mol. The Morgan fingerprint density at radius 3 is 2.45 bits per heavy atom. The number of ether oxygens (including phenoxy) is 1. The highest BCUT2D eigenvalue weighted by molar-refractivity contribution is 5.91. The molecule has 0 radical (unpaired) electrons. The maximum Gasteiger partial charge on any atom is 0.330 e. The number of nitrogens with two attached hydrogens (primary N) is 1. The Morgan fingerprint density at radius 2 is 1.81 bits per heavy atom. The number of carbonyl (C=O) groups excluding carboxylic acids is 1. The Morgan fingerprint density at radius 1 is 1.13 bits per heavy atom. The summed E-state index contributed by atoms with van der Waals surface area (Å²) in [4.78, 5) is 38.3. The van der Waals surface area contributed by atoms with E-state index in [0.29, 0.717) is 6.54 Å². The molecule has 2 atom stereocenters. The Hall–Kier alpha value is -2.49. The minimum atomic E-state index is -0.719. The van der Waals surface area contributed by atoms with E-state index in [9.17, 15) is 14.4 Å². The molecule has 9 heteroatoms. The minimum absolute atomic E-state index is 0.161. The Kier molecular flexibility index (Phi) is 11.0. The fourth-order valence-electron chi connectivity index (χ4n) is 3.33. The Bertz CT molecular complexity index is 858. The molecule has 0 spiro atoms. The summed E-state index contributed by atoms with van der Waals surface area (Å²) in [5, 5.41) is 11.9. The highest BCUT2D eigenvalue weighted by atomic mass is 16.5. The molecule has 0 fully saturated rings. The molecular formula is C22H34N4O5. The first-order valence-electron chi connectivity index (χ1n) is 11.0. The first-order valence-corrected chi connectivity index (χ1v) is 11.0. The third kappa shape index (κ3) is 8.64. The normalized spacial score (nSPS) is 18.1. The Balaban J connectivity index is 1.74. The van der Waals surface area contributed by atoms with Gasteiger partial charge in [-0.2, -0.15) is 0 Å². The molecule has 9 nitrogen and oxygen atoms in total.